The lowest BCUT2D eigenvalue weighted by molar-refractivity contribution is -0.123. The van der Waals surface area contributed by atoms with Crippen LogP contribution >= 0.6 is 11.6 Å². The normalized spacial score (nSPS) is 15.0. The van der Waals surface area contributed by atoms with Crippen molar-refractivity contribution in [2.45, 2.75) is 25.7 Å². The quantitative estimate of drug-likeness (QED) is 0.718. The molecule has 1 heterocycles. The van der Waals surface area contributed by atoms with Crippen molar-refractivity contribution in [3.63, 3.8) is 0 Å². The average molecular weight is 452 g/mol. The summed E-state index contributed by atoms with van der Waals surface area (Å²) >= 11 is 6.15. The molecule has 0 unspecified atom stereocenters. The fraction of sp³-hybridized carbons (Fsp3) is 0.381. The van der Waals surface area contributed by atoms with Crippen molar-refractivity contribution in [2.24, 2.45) is 5.41 Å². The fourth-order valence-electron chi connectivity index (χ4n) is 2.93. The average Bonchev–Trinajstić information content (AvgIpc) is 2.69. The van der Waals surface area contributed by atoms with Crippen LogP contribution in [0.4, 0.5) is 17.1 Å². The predicted molar refractivity (Wildman–Crippen MR) is 120 cm³/mol. The van der Waals surface area contributed by atoms with Crippen molar-refractivity contribution < 1.29 is 17.9 Å². The molecule has 3 rings (SSSR count). The van der Waals surface area contributed by atoms with E-state index in [4.69, 9.17) is 16.3 Å². The second-order valence-electron chi connectivity index (χ2n) is 8.07. The Hall–Kier alpha value is -2.29. The van der Waals surface area contributed by atoms with Gasteiger partial charge >= 0.3 is 0 Å². The maximum atomic E-state index is 13.3. The summed E-state index contributed by atoms with van der Waals surface area (Å²) in [6.45, 7) is 7.55. The molecule has 30 heavy (non-hydrogen) atoms. The second kappa shape index (κ2) is 8.83. The zero-order chi connectivity index (χ0) is 21.9. The molecule has 0 aromatic heterocycles. The molecule has 1 saturated heterocycles. The highest BCUT2D eigenvalue weighted by Crippen LogP contribution is 2.32. The molecule has 2 aromatic rings. The molecular formula is C21H26ClN3O4S. The monoisotopic (exact) mass is 451 g/mol. The first kappa shape index (κ1) is 22.4. The minimum Gasteiger partial charge on any atom is -0.378 e. The van der Waals surface area contributed by atoms with Gasteiger partial charge in [-0.15, -0.1) is 0 Å². The van der Waals surface area contributed by atoms with Gasteiger partial charge in [0, 0.05) is 24.2 Å². The van der Waals surface area contributed by atoms with Gasteiger partial charge < -0.3 is 15.0 Å². The number of halogens is 1. The van der Waals surface area contributed by atoms with Crippen LogP contribution in [0.25, 0.3) is 0 Å². The van der Waals surface area contributed by atoms with E-state index in [1.165, 1.54) is 6.07 Å². The van der Waals surface area contributed by atoms with Gasteiger partial charge in [0.15, 0.2) is 0 Å². The van der Waals surface area contributed by atoms with Crippen LogP contribution in [0.15, 0.2) is 47.4 Å². The topological polar surface area (TPSA) is 87.7 Å². The highest BCUT2D eigenvalue weighted by Gasteiger charge is 2.26. The third-order valence-corrected chi connectivity index (χ3v) is 6.38. The number of nitrogens with one attached hydrogen (secondary N) is 2. The van der Waals surface area contributed by atoms with Crippen LogP contribution in [0.2, 0.25) is 5.02 Å². The molecule has 1 aliphatic heterocycles. The number of morpholine rings is 1. The Bertz CT molecular complexity index is 1030. The van der Waals surface area contributed by atoms with E-state index in [2.05, 4.69) is 10.0 Å². The molecule has 1 amide bonds. The molecule has 9 heteroatoms. The number of hydrogen-bond donors (Lipinski definition) is 2. The molecule has 0 atom stereocenters. The maximum Gasteiger partial charge on any atom is 0.264 e. The number of sulfonamides is 1. The lowest BCUT2D eigenvalue weighted by Gasteiger charge is -2.31. The predicted octanol–water partition coefficient (Wildman–Crippen LogP) is 3.96. The smallest absolute Gasteiger partial charge is 0.264 e. The van der Waals surface area contributed by atoms with E-state index in [0.717, 1.165) is 0 Å². The lowest BCUT2D eigenvalue weighted by Crippen LogP contribution is -2.37. The first-order chi connectivity index (χ1) is 14.1. The van der Waals surface area contributed by atoms with E-state index < -0.39 is 15.4 Å². The van der Waals surface area contributed by atoms with Crippen molar-refractivity contribution in [1.82, 2.24) is 0 Å². The number of benzene rings is 2. The standard InChI is InChI=1S/C21H26ClN3O4S/c1-21(2,3)20(26)23-15-8-9-18(25-10-12-29-13-11-25)19(14-15)30(27,28)24-17-7-5-4-6-16(17)22/h4-9,14,24H,10-13H2,1-3H3,(H,23,26). The summed E-state index contributed by atoms with van der Waals surface area (Å²) in [7, 11) is -3.98. The van der Waals surface area contributed by atoms with Crippen molar-refractivity contribution in [1.29, 1.82) is 0 Å². The molecule has 0 aliphatic carbocycles. The van der Waals surface area contributed by atoms with Crippen LogP contribution in [0.5, 0.6) is 0 Å². The van der Waals surface area contributed by atoms with E-state index in [-0.39, 0.29) is 16.5 Å². The van der Waals surface area contributed by atoms with Crippen LogP contribution in [-0.4, -0.2) is 40.6 Å². The summed E-state index contributed by atoms with van der Waals surface area (Å²) in [5, 5.41) is 3.10. The minimum atomic E-state index is -3.98. The van der Waals surface area contributed by atoms with Crippen LogP contribution < -0.4 is 14.9 Å². The SMILES string of the molecule is CC(C)(C)C(=O)Nc1ccc(N2CCOCC2)c(S(=O)(=O)Nc2ccccc2Cl)c1. The zero-order valence-corrected chi connectivity index (χ0v) is 18.8. The molecule has 2 aromatic carbocycles. The van der Waals surface area contributed by atoms with Gasteiger partial charge in [-0.1, -0.05) is 44.5 Å². The lowest BCUT2D eigenvalue weighted by atomic mass is 9.95. The number of amides is 1. The van der Waals surface area contributed by atoms with Gasteiger partial charge in [0.25, 0.3) is 10.0 Å². The molecule has 0 bridgehead atoms. The molecule has 7 nitrogen and oxygen atoms in total. The Kier molecular flexibility index (Phi) is 6.59. The van der Waals surface area contributed by atoms with Gasteiger partial charge in [-0.25, -0.2) is 8.42 Å². The number of carbonyl (C=O) groups is 1. The van der Waals surface area contributed by atoms with Gasteiger partial charge in [-0.2, -0.15) is 0 Å². The number of rotatable bonds is 5. The van der Waals surface area contributed by atoms with Crippen molar-refractivity contribution in [3.05, 3.63) is 47.5 Å². The van der Waals surface area contributed by atoms with Gasteiger partial charge in [0.2, 0.25) is 5.91 Å². The van der Waals surface area contributed by atoms with Crippen LogP contribution in [0.1, 0.15) is 20.8 Å². The highest BCUT2D eigenvalue weighted by molar-refractivity contribution is 7.93. The summed E-state index contributed by atoms with van der Waals surface area (Å²) in [4.78, 5) is 14.4. The third-order valence-electron chi connectivity index (χ3n) is 4.66. The van der Waals surface area contributed by atoms with Gasteiger partial charge in [-0.3, -0.25) is 9.52 Å². The van der Waals surface area contributed by atoms with E-state index in [1.807, 2.05) is 4.90 Å². The summed E-state index contributed by atoms with van der Waals surface area (Å²) in [5.41, 5.74) is 0.631. The van der Waals surface area contributed by atoms with E-state index in [0.29, 0.717) is 42.7 Å². The largest absolute Gasteiger partial charge is 0.378 e. The first-order valence-corrected chi connectivity index (χ1v) is 11.5. The summed E-state index contributed by atoms with van der Waals surface area (Å²) < 4.78 is 34.6. The van der Waals surface area contributed by atoms with Gasteiger partial charge in [0.1, 0.15) is 4.90 Å². The van der Waals surface area contributed by atoms with Gasteiger partial charge in [0.05, 0.1) is 29.6 Å². The van der Waals surface area contributed by atoms with Crippen LogP contribution in [0, 0.1) is 5.41 Å². The number of nitrogens with zero attached hydrogens (tertiary/aromatic N) is 1. The molecule has 2 N–H and O–H groups in total. The Labute approximate surface area is 182 Å². The number of anilines is 3. The molecule has 162 valence electrons. The van der Waals surface area contributed by atoms with E-state index in [9.17, 15) is 13.2 Å². The Morgan fingerprint density at radius 3 is 2.40 bits per heavy atom. The number of para-hydroxylation sites is 1. The maximum absolute atomic E-state index is 13.3. The molecular weight excluding hydrogens is 426 g/mol. The number of ether oxygens (including phenoxy) is 1. The van der Waals surface area contributed by atoms with Gasteiger partial charge in [-0.05, 0) is 30.3 Å². The zero-order valence-electron chi connectivity index (χ0n) is 17.2. The molecule has 1 fully saturated rings. The summed E-state index contributed by atoms with van der Waals surface area (Å²) in [6.07, 6.45) is 0. The Morgan fingerprint density at radius 2 is 1.77 bits per heavy atom. The highest BCUT2D eigenvalue weighted by atomic mass is 35.5. The summed E-state index contributed by atoms with van der Waals surface area (Å²) in [5.74, 6) is -0.205. The number of hydrogen-bond acceptors (Lipinski definition) is 5. The van der Waals surface area contributed by atoms with Crippen molar-refractivity contribution in [2.75, 3.05) is 41.2 Å². The van der Waals surface area contributed by atoms with Crippen molar-refractivity contribution in [3.8, 4) is 0 Å². The van der Waals surface area contributed by atoms with Crippen LogP contribution in [0.3, 0.4) is 0 Å². The first-order valence-electron chi connectivity index (χ1n) is 9.63. The molecule has 0 saturated carbocycles. The van der Waals surface area contributed by atoms with E-state index >= 15 is 0 Å². The Morgan fingerprint density at radius 1 is 1.10 bits per heavy atom. The third kappa shape index (κ3) is 5.24. The molecule has 0 radical (unpaired) electrons. The molecule has 1 aliphatic rings. The minimum absolute atomic E-state index is 0.0658. The Balaban J connectivity index is 2.02. The number of carbonyl (C=O) groups excluding carboxylic acids is 1. The van der Waals surface area contributed by atoms with Crippen LogP contribution in [-0.2, 0) is 19.6 Å². The fourth-order valence-corrected chi connectivity index (χ4v) is 4.51. The second-order valence-corrected chi connectivity index (χ2v) is 10.1. The van der Waals surface area contributed by atoms with Crippen molar-refractivity contribution >= 4 is 44.6 Å². The molecule has 0 spiro atoms. The van der Waals surface area contributed by atoms with E-state index in [1.54, 1.807) is 57.2 Å². The summed E-state index contributed by atoms with van der Waals surface area (Å²) in [6, 6.07) is 11.5.